The van der Waals surface area contributed by atoms with Crippen LogP contribution in [0.2, 0.25) is 0 Å². The molecule has 0 atom stereocenters. The summed E-state index contributed by atoms with van der Waals surface area (Å²) in [6.07, 6.45) is 4.60. The quantitative estimate of drug-likeness (QED) is 0.486. The number of carboxylic acid groups (broad SMARTS) is 1. The number of allylic oxidation sites excluding steroid dienone is 1. The van der Waals surface area contributed by atoms with Crippen molar-refractivity contribution in [3.05, 3.63) is 71.2 Å². The number of benzene rings is 2. The zero-order valence-electron chi connectivity index (χ0n) is 13.3. The minimum absolute atomic E-state index is 0.0482. The van der Waals surface area contributed by atoms with Gasteiger partial charge >= 0.3 is 5.97 Å². The summed E-state index contributed by atoms with van der Waals surface area (Å²) in [5.74, 6) is -1.81. The minimum atomic E-state index is -1.09. The van der Waals surface area contributed by atoms with Gasteiger partial charge in [-0.25, -0.2) is 9.18 Å². The summed E-state index contributed by atoms with van der Waals surface area (Å²) >= 11 is 0. The molecule has 1 heterocycles. The van der Waals surface area contributed by atoms with E-state index in [1.807, 2.05) is 0 Å². The first-order valence-electron chi connectivity index (χ1n) is 7.53. The summed E-state index contributed by atoms with van der Waals surface area (Å²) in [5, 5.41) is 12.5. The largest absolute Gasteiger partial charge is 0.478 e. The fourth-order valence-electron chi connectivity index (χ4n) is 2.62. The molecule has 0 unspecified atom stereocenters. The van der Waals surface area contributed by atoms with Crippen molar-refractivity contribution in [2.75, 3.05) is 12.4 Å². The maximum Gasteiger partial charge on any atom is 0.335 e. The molecule has 0 aliphatic heterocycles. The second-order valence-electron chi connectivity index (χ2n) is 5.45. The number of hydrogen-bond acceptors (Lipinski definition) is 3. The lowest BCUT2D eigenvalue weighted by Gasteiger charge is -2.02. The Labute approximate surface area is 142 Å². The number of ketones is 1. The van der Waals surface area contributed by atoms with Crippen LogP contribution in [0.3, 0.4) is 0 Å². The molecule has 0 saturated heterocycles. The van der Waals surface area contributed by atoms with Crippen molar-refractivity contribution >= 4 is 34.4 Å². The predicted octanol–water partition coefficient (Wildman–Crippen LogP) is 3.94. The molecule has 0 saturated carbocycles. The van der Waals surface area contributed by atoms with E-state index in [4.69, 9.17) is 5.11 Å². The van der Waals surface area contributed by atoms with E-state index >= 15 is 0 Å². The number of H-pyrrole nitrogens is 1. The van der Waals surface area contributed by atoms with Crippen molar-refractivity contribution < 1.29 is 19.1 Å². The number of hydrogen-bond donors (Lipinski definition) is 3. The number of carbonyl (C=O) groups excluding carboxylic acids is 1. The van der Waals surface area contributed by atoms with Gasteiger partial charge in [-0.15, -0.1) is 0 Å². The van der Waals surface area contributed by atoms with Gasteiger partial charge in [0.05, 0.1) is 16.8 Å². The van der Waals surface area contributed by atoms with Crippen molar-refractivity contribution in [3.8, 4) is 0 Å². The van der Waals surface area contributed by atoms with Gasteiger partial charge in [-0.1, -0.05) is 12.1 Å². The SMILES string of the molecule is CNc1cc(F)cc2c(/C=C/C(=O)c3cccc(C(=O)O)c3)c[nH]c12. The van der Waals surface area contributed by atoms with Crippen LogP contribution < -0.4 is 5.32 Å². The smallest absolute Gasteiger partial charge is 0.335 e. The Morgan fingerprint density at radius 3 is 2.68 bits per heavy atom. The third-order valence-electron chi connectivity index (χ3n) is 3.86. The number of fused-ring (bicyclic) bond motifs is 1. The van der Waals surface area contributed by atoms with E-state index in [0.717, 1.165) is 5.52 Å². The van der Waals surface area contributed by atoms with Gasteiger partial charge in [0.15, 0.2) is 5.78 Å². The minimum Gasteiger partial charge on any atom is -0.478 e. The summed E-state index contributed by atoms with van der Waals surface area (Å²) in [6.45, 7) is 0. The van der Waals surface area contributed by atoms with Gasteiger partial charge in [0.1, 0.15) is 5.82 Å². The fourth-order valence-corrected chi connectivity index (χ4v) is 2.62. The number of aromatic amines is 1. The van der Waals surface area contributed by atoms with Gasteiger partial charge in [-0.2, -0.15) is 0 Å². The van der Waals surface area contributed by atoms with Crippen LogP contribution in [0.5, 0.6) is 0 Å². The number of nitrogens with one attached hydrogen (secondary N) is 2. The molecule has 3 N–H and O–H groups in total. The van der Waals surface area contributed by atoms with Gasteiger partial charge in [-0.3, -0.25) is 4.79 Å². The molecule has 0 spiro atoms. The van der Waals surface area contributed by atoms with Gasteiger partial charge in [0.25, 0.3) is 0 Å². The molecular weight excluding hydrogens is 323 g/mol. The molecule has 0 radical (unpaired) electrons. The number of anilines is 1. The van der Waals surface area contributed by atoms with E-state index in [1.165, 1.54) is 36.4 Å². The molecule has 1 aromatic heterocycles. The topological polar surface area (TPSA) is 82.2 Å². The van der Waals surface area contributed by atoms with Crippen LogP contribution in [0, 0.1) is 5.82 Å². The van der Waals surface area contributed by atoms with Crippen molar-refractivity contribution in [2.45, 2.75) is 0 Å². The molecule has 25 heavy (non-hydrogen) atoms. The molecular formula is C19H15FN2O3. The third-order valence-corrected chi connectivity index (χ3v) is 3.86. The molecule has 3 aromatic rings. The highest BCUT2D eigenvalue weighted by atomic mass is 19.1. The molecule has 0 amide bonds. The van der Waals surface area contributed by atoms with Crippen molar-refractivity contribution in [1.82, 2.24) is 4.98 Å². The number of aromatic carboxylic acids is 1. The van der Waals surface area contributed by atoms with Crippen molar-refractivity contribution in [2.24, 2.45) is 0 Å². The number of halogens is 1. The van der Waals surface area contributed by atoms with E-state index in [1.54, 1.807) is 25.4 Å². The van der Waals surface area contributed by atoms with Crippen molar-refractivity contribution in [1.29, 1.82) is 0 Å². The van der Waals surface area contributed by atoms with E-state index in [-0.39, 0.29) is 22.7 Å². The molecule has 2 aromatic carbocycles. The van der Waals surface area contributed by atoms with Crippen LogP contribution in [0.1, 0.15) is 26.3 Å². The summed E-state index contributed by atoms with van der Waals surface area (Å²) in [5.41, 5.74) is 2.35. The van der Waals surface area contributed by atoms with Gasteiger partial charge in [0, 0.05) is 29.8 Å². The number of carbonyl (C=O) groups is 2. The maximum absolute atomic E-state index is 13.7. The maximum atomic E-state index is 13.7. The van der Waals surface area contributed by atoms with Crippen LogP contribution in [0.25, 0.3) is 17.0 Å². The summed E-state index contributed by atoms with van der Waals surface area (Å²) < 4.78 is 13.7. The Balaban J connectivity index is 1.93. The van der Waals surface area contributed by atoms with Gasteiger partial charge in [0.2, 0.25) is 0 Å². The van der Waals surface area contributed by atoms with E-state index < -0.39 is 5.97 Å². The third kappa shape index (κ3) is 3.28. The van der Waals surface area contributed by atoms with Crippen molar-refractivity contribution in [3.63, 3.8) is 0 Å². The fraction of sp³-hybridized carbons (Fsp3) is 0.0526. The Bertz CT molecular complexity index is 1010. The van der Waals surface area contributed by atoms with Crippen LogP contribution in [-0.4, -0.2) is 28.9 Å². The highest BCUT2D eigenvalue weighted by Gasteiger charge is 2.10. The molecule has 0 aliphatic carbocycles. The normalized spacial score (nSPS) is 11.1. The molecule has 3 rings (SSSR count). The number of rotatable bonds is 5. The second-order valence-corrected chi connectivity index (χ2v) is 5.45. The molecule has 6 heteroatoms. The first-order chi connectivity index (χ1) is 12.0. The Hall–Kier alpha value is -3.41. The lowest BCUT2D eigenvalue weighted by molar-refractivity contribution is 0.0697. The standard InChI is InChI=1S/C19H15FN2O3/c1-21-16-9-14(20)8-15-13(10-22-18(15)16)5-6-17(23)11-3-2-4-12(7-11)19(24)25/h2-10,21-22H,1H3,(H,24,25)/b6-5+. The summed E-state index contributed by atoms with van der Waals surface area (Å²) in [6, 6.07) is 8.59. The molecule has 0 fully saturated rings. The highest BCUT2D eigenvalue weighted by molar-refractivity contribution is 6.09. The summed E-state index contributed by atoms with van der Waals surface area (Å²) in [7, 11) is 1.70. The zero-order chi connectivity index (χ0) is 18.0. The van der Waals surface area contributed by atoms with Gasteiger partial charge < -0.3 is 15.4 Å². The van der Waals surface area contributed by atoms with E-state index in [9.17, 15) is 14.0 Å². The second kappa shape index (κ2) is 6.60. The first-order valence-corrected chi connectivity index (χ1v) is 7.53. The number of carboxylic acids is 1. The van der Waals surface area contributed by atoms with Gasteiger partial charge in [-0.05, 0) is 36.4 Å². The lowest BCUT2D eigenvalue weighted by Crippen LogP contribution is -2.00. The van der Waals surface area contributed by atoms with Crippen LogP contribution >= 0.6 is 0 Å². The van der Waals surface area contributed by atoms with Crippen LogP contribution in [-0.2, 0) is 0 Å². The zero-order valence-corrected chi connectivity index (χ0v) is 13.3. The molecule has 126 valence electrons. The highest BCUT2D eigenvalue weighted by Crippen LogP contribution is 2.27. The monoisotopic (exact) mass is 338 g/mol. The first kappa shape index (κ1) is 16.4. The Morgan fingerprint density at radius 1 is 1.20 bits per heavy atom. The van der Waals surface area contributed by atoms with Crippen LogP contribution in [0.4, 0.5) is 10.1 Å². The average molecular weight is 338 g/mol. The molecule has 0 aliphatic rings. The predicted molar refractivity (Wildman–Crippen MR) is 94.6 cm³/mol. The Kier molecular flexibility index (Phi) is 4.35. The average Bonchev–Trinajstić information content (AvgIpc) is 3.01. The van der Waals surface area contributed by atoms with E-state index in [2.05, 4.69) is 10.3 Å². The molecule has 5 nitrogen and oxygen atoms in total. The lowest BCUT2D eigenvalue weighted by atomic mass is 10.1. The summed E-state index contributed by atoms with van der Waals surface area (Å²) in [4.78, 5) is 26.3. The Morgan fingerprint density at radius 2 is 1.96 bits per heavy atom. The van der Waals surface area contributed by atoms with Crippen LogP contribution in [0.15, 0.2) is 48.7 Å². The number of aromatic nitrogens is 1. The van der Waals surface area contributed by atoms with E-state index in [0.29, 0.717) is 16.6 Å². The molecule has 0 bridgehead atoms.